The van der Waals surface area contributed by atoms with Gasteiger partial charge in [-0.25, -0.2) is 0 Å². The third-order valence-corrected chi connectivity index (χ3v) is 5.71. The average Bonchev–Trinajstić information content (AvgIpc) is 2.85. The number of aryl methyl sites for hydroxylation is 2. The highest BCUT2D eigenvalue weighted by atomic mass is 32.2. The molecular formula is C16H23NO2S. The van der Waals surface area contributed by atoms with E-state index < -0.39 is 0 Å². The van der Waals surface area contributed by atoms with Crippen molar-refractivity contribution >= 4 is 11.8 Å². The molecule has 0 saturated carbocycles. The first-order chi connectivity index (χ1) is 9.58. The summed E-state index contributed by atoms with van der Waals surface area (Å²) in [5.41, 5.74) is 3.02. The van der Waals surface area contributed by atoms with Gasteiger partial charge in [-0.3, -0.25) is 4.98 Å². The number of thioether (sulfide) groups is 1. The molecule has 1 aromatic heterocycles. The molecule has 1 N–H and O–H groups in total. The van der Waals surface area contributed by atoms with E-state index in [-0.39, 0.29) is 11.7 Å². The van der Waals surface area contributed by atoms with Crippen LogP contribution in [0.1, 0.15) is 42.3 Å². The van der Waals surface area contributed by atoms with Crippen LogP contribution >= 0.6 is 11.8 Å². The first kappa shape index (κ1) is 14.4. The Morgan fingerprint density at radius 2 is 2.15 bits per heavy atom. The Hall–Kier alpha value is -0.580. The number of pyridine rings is 1. The molecule has 0 aromatic carbocycles. The minimum absolute atomic E-state index is 0.0334. The van der Waals surface area contributed by atoms with Crippen molar-refractivity contribution in [3.63, 3.8) is 0 Å². The van der Waals surface area contributed by atoms with E-state index in [1.54, 1.807) is 0 Å². The topological polar surface area (TPSA) is 42.4 Å². The summed E-state index contributed by atoms with van der Waals surface area (Å²) in [5, 5.41) is 10.7. The van der Waals surface area contributed by atoms with E-state index in [9.17, 15) is 5.11 Å². The maximum absolute atomic E-state index is 10.7. The molecule has 3 rings (SSSR count). The number of hydrogen-bond acceptors (Lipinski definition) is 4. The number of nitrogens with zero attached hydrogens (tertiary/aromatic N) is 1. The van der Waals surface area contributed by atoms with Gasteiger partial charge in [0, 0.05) is 23.7 Å². The van der Waals surface area contributed by atoms with Crippen molar-refractivity contribution in [1.82, 2.24) is 4.98 Å². The Labute approximate surface area is 125 Å². The van der Waals surface area contributed by atoms with Crippen molar-refractivity contribution < 1.29 is 9.84 Å². The van der Waals surface area contributed by atoms with Crippen molar-refractivity contribution in [1.29, 1.82) is 0 Å². The molecule has 2 saturated heterocycles. The molecular weight excluding hydrogens is 270 g/mol. The third kappa shape index (κ3) is 2.87. The Morgan fingerprint density at radius 1 is 1.40 bits per heavy atom. The van der Waals surface area contributed by atoms with Gasteiger partial charge in [-0.05, 0) is 62.5 Å². The van der Waals surface area contributed by atoms with Gasteiger partial charge in [0.25, 0.3) is 0 Å². The molecule has 3 nitrogen and oxygen atoms in total. The summed E-state index contributed by atoms with van der Waals surface area (Å²) in [6.45, 7) is 4.76. The van der Waals surface area contributed by atoms with Crippen molar-refractivity contribution in [2.45, 2.75) is 44.8 Å². The Bertz CT molecular complexity index is 465. The lowest BCUT2D eigenvalue weighted by Crippen LogP contribution is -2.41. The molecule has 110 valence electrons. The van der Waals surface area contributed by atoms with Gasteiger partial charge in [0.1, 0.15) is 0 Å². The molecule has 0 amide bonds. The maximum Gasteiger partial charge on any atom is 0.0821 e. The van der Waals surface area contributed by atoms with Crippen LogP contribution in [0.3, 0.4) is 0 Å². The summed E-state index contributed by atoms with van der Waals surface area (Å²) in [5.74, 6) is 2.59. The van der Waals surface area contributed by atoms with Gasteiger partial charge >= 0.3 is 0 Å². The Kier molecular flexibility index (Phi) is 4.07. The van der Waals surface area contributed by atoms with Crippen LogP contribution in [0.4, 0.5) is 0 Å². The Balaban J connectivity index is 1.77. The van der Waals surface area contributed by atoms with Crippen LogP contribution in [0, 0.1) is 19.8 Å². The van der Waals surface area contributed by atoms with Gasteiger partial charge < -0.3 is 9.84 Å². The monoisotopic (exact) mass is 293 g/mol. The Morgan fingerprint density at radius 3 is 2.80 bits per heavy atom. The minimum atomic E-state index is -0.387. The summed E-state index contributed by atoms with van der Waals surface area (Å²) in [6.07, 6.45) is 2.69. The first-order valence-corrected chi connectivity index (χ1v) is 8.58. The predicted molar refractivity (Wildman–Crippen MR) is 82.0 cm³/mol. The van der Waals surface area contributed by atoms with E-state index in [2.05, 4.69) is 4.98 Å². The quantitative estimate of drug-likeness (QED) is 0.910. The van der Waals surface area contributed by atoms with Crippen molar-refractivity contribution in [2.75, 3.05) is 18.1 Å². The van der Waals surface area contributed by atoms with Gasteiger partial charge in [0.05, 0.1) is 11.7 Å². The van der Waals surface area contributed by atoms with Gasteiger partial charge in [-0.2, -0.15) is 11.8 Å². The number of aromatic nitrogens is 1. The number of ether oxygens (including phenoxy) is 1. The average molecular weight is 293 g/mol. The minimum Gasteiger partial charge on any atom is -0.388 e. The van der Waals surface area contributed by atoms with E-state index in [4.69, 9.17) is 4.74 Å². The summed E-state index contributed by atoms with van der Waals surface area (Å²) in [4.78, 5) is 4.39. The highest BCUT2D eigenvalue weighted by Gasteiger charge is 2.42. The van der Waals surface area contributed by atoms with E-state index >= 15 is 0 Å². The molecule has 3 unspecified atom stereocenters. The van der Waals surface area contributed by atoms with Crippen molar-refractivity contribution in [3.8, 4) is 0 Å². The lowest BCUT2D eigenvalue weighted by atomic mass is 9.80. The fourth-order valence-corrected chi connectivity index (χ4v) is 4.89. The summed E-state index contributed by atoms with van der Waals surface area (Å²) < 4.78 is 6.05. The number of aliphatic hydroxyl groups is 1. The molecule has 20 heavy (non-hydrogen) atoms. The van der Waals surface area contributed by atoms with Crippen LogP contribution in [0.15, 0.2) is 12.1 Å². The van der Waals surface area contributed by atoms with E-state index in [1.807, 2.05) is 37.7 Å². The lowest BCUT2D eigenvalue weighted by molar-refractivity contribution is -0.102. The molecule has 1 aromatic rings. The van der Waals surface area contributed by atoms with Gasteiger partial charge in [-0.1, -0.05) is 0 Å². The van der Waals surface area contributed by atoms with Gasteiger partial charge in [0.2, 0.25) is 0 Å². The second kappa shape index (κ2) is 5.66. The first-order valence-electron chi connectivity index (χ1n) is 7.43. The normalized spacial score (nSPS) is 31.6. The van der Waals surface area contributed by atoms with Crippen LogP contribution in [-0.2, 0) is 4.74 Å². The number of aliphatic hydroxyl groups excluding tert-OH is 1. The van der Waals surface area contributed by atoms with E-state index in [1.165, 1.54) is 5.75 Å². The smallest absolute Gasteiger partial charge is 0.0821 e. The summed E-state index contributed by atoms with van der Waals surface area (Å²) in [6, 6.07) is 4.03. The van der Waals surface area contributed by atoms with Crippen molar-refractivity contribution in [3.05, 3.63) is 29.1 Å². The number of rotatable bonds is 2. The zero-order chi connectivity index (χ0) is 14.2. The van der Waals surface area contributed by atoms with Crippen molar-refractivity contribution in [2.24, 2.45) is 5.92 Å². The highest BCUT2D eigenvalue weighted by Crippen LogP contribution is 2.44. The summed E-state index contributed by atoms with van der Waals surface area (Å²) in [7, 11) is 0. The van der Waals surface area contributed by atoms with Crippen LogP contribution in [0.2, 0.25) is 0 Å². The molecule has 2 aliphatic heterocycles. The number of hydrogen-bond donors (Lipinski definition) is 1. The molecule has 4 heteroatoms. The van der Waals surface area contributed by atoms with E-state index in [0.717, 1.165) is 48.6 Å². The molecule has 2 fully saturated rings. The fourth-order valence-electron chi connectivity index (χ4n) is 3.51. The summed E-state index contributed by atoms with van der Waals surface area (Å²) >= 11 is 1.98. The zero-order valence-corrected chi connectivity index (χ0v) is 13.1. The van der Waals surface area contributed by atoms with Crippen LogP contribution < -0.4 is 0 Å². The maximum atomic E-state index is 10.7. The molecule has 0 bridgehead atoms. The third-order valence-electron chi connectivity index (χ3n) is 4.49. The molecule has 0 aliphatic carbocycles. The van der Waals surface area contributed by atoms with Crippen LogP contribution in [0.5, 0.6) is 0 Å². The molecule has 1 spiro atoms. The fraction of sp³-hybridized carbons (Fsp3) is 0.688. The van der Waals surface area contributed by atoms with Crippen LogP contribution in [0.25, 0.3) is 0 Å². The molecule has 3 atom stereocenters. The highest BCUT2D eigenvalue weighted by molar-refractivity contribution is 7.99. The van der Waals surface area contributed by atoms with E-state index in [0.29, 0.717) is 5.92 Å². The molecule has 3 heterocycles. The van der Waals surface area contributed by atoms with Crippen LogP contribution in [-0.4, -0.2) is 33.8 Å². The largest absolute Gasteiger partial charge is 0.388 e. The SMILES string of the molecule is Cc1cc(C(O)C2CCOC3(CCSC3)C2)cc(C)n1. The standard InChI is InChI=1S/C16H23NO2S/c1-11-7-14(8-12(2)17-11)15(18)13-3-5-19-16(9-13)4-6-20-10-16/h7-8,13,15,18H,3-6,9-10H2,1-2H3. The second-order valence-corrected chi connectivity index (χ2v) is 7.32. The zero-order valence-electron chi connectivity index (χ0n) is 12.3. The van der Waals surface area contributed by atoms with Gasteiger partial charge in [0.15, 0.2) is 0 Å². The lowest BCUT2D eigenvalue weighted by Gasteiger charge is -2.39. The molecule has 2 aliphatic rings. The second-order valence-electron chi connectivity index (χ2n) is 6.22. The van der Waals surface area contributed by atoms with Gasteiger partial charge in [-0.15, -0.1) is 0 Å². The predicted octanol–water partition coefficient (Wildman–Crippen LogP) is 3.03. The molecule has 0 radical (unpaired) electrons.